The fraction of sp³-hybridized carbons (Fsp3) is 0.0625. The molecule has 1 aromatic carbocycles. The number of terminal acetylenes is 1. The highest BCUT2D eigenvalue weighted by atomic mass is 32.1. The van der Waals surface area contributed by atoms with Gasteiger partial charge in [0.1, 0.15) is 5.82 Å². The van der Waals surface area contributed by atoms with E-state index in [4.69, 9.17) is 6.42 Å². The van der Waals surface area contributed by atoms with Gasteiger partial charge < -0.3 is 5.32 Å². The second-order valence-corrected chi connectivity index (χ2v) is 5.05. The smallest absolute Gasteiger partial charge is 0.244 e. The summed E-state index contributed by atoms with van der Waals surface area (Å²) in [4.78, 5) is 13.1. The van der Waals surface area contributed by atoms with Gasteiger partial charge >= 0.3 is 0 Å². The highest BCUT2D eigenvalue weighted by Gasteiger charge is 2.06. The van der Waals surface area contributed by atoms with Crippen LogP contribution in [0.25, 0.3) is 16.5 Å². The quantitative estimate of drug-likeness (QED) is 0.677. The van der Waals surface area contributed by atoms with Gasteiger partial charge in [-0.05, 0) is 24.3 Å². The number of hydrogen-bond acceptors (Lipinski definition) is 2. The lowest BCUT2D eigenvalue weighted by Gasteiger charge is -1.97. The lowest BCUT2D eigenvalue weighted by molar-refractivity contribution is -0.116. The molecule has 0 saturated carbocycles. The first-order chi connectivity index (χ1) is 9.70. The van der Waals surface area contributed by atoms with Gasteiger partial charge in [-0.15, -0.1) is 17.8 Å². The van der Waals surface area contributed by atoms with Crippen LogP contribution in [0.2, 0.25) is 0 Å². The number of nitrogens with one attached hydrogen (secondary N) is 1. The van der Waals surface area contributed by atoms with E-state index in [-0.39, 0.29) is 18.3 Å². The monoisotopic (exact) mass is 285 g/mol. The number of carbonyl (C=O) groups is 1. The van der Waals surface area contributed by atoms with Crippen molar-refractivity contribution in [3.8, 4) is 22.8 Å². The number of carbonyl (C=O) groups excluding carboxylic acids is 1. The van der Waals surface area contributed by atoms with Gasteiger partial charge in [0.25, 0.3) is 0 Å². The average molecular weight is 285 g/mol. The van der Waals surface area contributed by atoms with E-state index in [1.807, 2.05) is 12.1 Å². The summed E-state index contributed by atoms with van der Waals surface area (Å²) in [5, 5.41) is 2.53. The van der Waals surface area contributed by atoms with Crippen LogP contribution in [0.3, 0.4) is 0 Å². The second-order valence-electron chi connectivity index (χ2n) is 3.94. The zero-order valence-electron chi connectivity index (χ0n) is 10.6. The van der Waals surface area contributed by atoms with E-state index in [0.29, 0.717) is 5.56 Å². The largest absolute Gasteiger partial charge is 0.342 e. The molecule has 0 radical (unpaired) electrons. The summed E-state index contributed by atoms with van der Waals surface area (Å²) < 4.78 is 13.6. The van der Waals surface area contributed by atoms with E-state index in [1.54, 1.807) is 24.3 Å². The molecule has 0 atom stereocenters. The lowest BCUT2D eigenvalue weighted by Crippen LogP contribution is -2.20. The second kappa shape index (κ2) is 6.69. The highest BCUT2D eigenvalue weighted by Crippen LogP contribution is 2.30. The van der Waals surface area contributed by atoms with Crippen LogP contribution in [0.4, 0.5) is 4.39 Å². The normalized spacial score (nSPS) is 10.4. The number of thiophene rings is 1. The third kappa shape index (κ3) is 3.56. The van der Waals surface area contributed by atoms with Gasteiger partial charge in [-0.25, -0.2) is 4.39 Å². The van der Waals surface area contributed by atoms with Crippen molar-refractivity contribution in [1.29, 1.82) is 0 Å². The van der Waals surface area contributed by atoms with Crippen LogP contribution in [-0.2, 0) is 4.79 Å². The fourth-order valence-corrected chi connectivity index (χ4v) is 2.54. The molecule has 0 aliphatic heterocycles. The van der Waals surface area contributed by atoms with Crippen LogP contribution >= 0.6 is 11.3 Å². The molecule has 1 aromatic heterocycles. The molecule has 0 bridgehead atoms. The third-order valence-electron chi connectivity index (χ3n) is 2.53. The molecule has 1 amide bonds. The van der Waals surface area contributed by atoms with Crippen molar-refractivity contribution < 1.29 is 9.18 Å². The summed E-state index contributed by atoms with van der Waals surface area (Å²) in [5.41, 5.74) is 0.564. The minimum Gasteiger partial charge on any atom is -0.342 e. The number of halogens is 1. The molecule has 0 aliphatic rings. The topological polar surface area (TPSA) is 29.1 Å². The Hall–Kier alpha value is -2.38. The van der Waals surface area contributed by atoms with Crippen LogP contribution in [0.5, 0.6) is 0 Å². The van der Waals surface area contributed by atoms with Crippen molar-refractivity contribution in [2.24, 2.45) is 0 Å². The van der Waals surface area contributed by atoms with Crippen molar-refractivity contribution in [3.63, 3.8) is 0 Å². The maximum absolute atomic E-state index is 13.6. The van der Waals surface area contributed by atoms with Gasteiger partial charge in [-0.3, -0.25) is 4.79 Å². The Morgan fingerprint density at radius 1 is 1.35 bits per heavy atom. The van der Waals surface area contributed by atoms with Gasteiger partial charge in [-0.2, -0.15) is 0 Å². The van der Waals surface area contributed by atoms with Crippen LogP contribution in [0, 0.1) is 18.2 Å². The minimum absolute atomic E-state index is 0.202. The number of hydrogen-bond donors (Lipinski definition) is 1. The van der Waals surface area contributed by atoms with Crippen LogP contribution in [0.1, 0.15) is 4.88 Å². The van der Waals surface area contributed by atoms with Gasteiger partial charge in [0, 0.05) is 21.4 Å². The Bertz CT molecular complexity index is 682. The maximum atomic E-state index is 13.6. The zero-order chi connectivity index (χ0) is 14.4. The van der Waals surface area contributed by atoms with E-state index in [2.05, 4.69) is 11.2 Å². The van der Waals surface area contributed by atoms with Gasteiger partial charge in [0.05, 0.1) is 6.54 Å². The molecule has 2 aromatic rings. The van der Waals surface area contributed by atoms with Crippen molar-refractivity contribution >= 4 is 23.3 Å². The van der Waals surface area contributed by atoms with E-state index in [1.165, 1.54) is 23.5 Å². The van der Waals surface area contributed by atoms with E-state index in [9.17, 15) is 9.18 Å². The molecule has 0 aliphatic carbocycles. The molecule has 0 fully saturated rings. The summed E-state index contributed by atoms with van der Waals surface area (Å²) in [7, 11) is 0. The predicted octanol–water partition coefficient (Wildman–Crippen LogP) is 3.32. The van der Waals surface area contributed by atoms with Crippen LogP contribution < -0.4 is 5.32 Å². The molecule has 0 unspecified atom stereocenters. The Morgan fingerprint density at radius 2 is 2.15 bits per heavy atom. The summed E-state index contributed by atoms with van der Waals surface area (Å²) in [5.74, 6) is 1.82. The molecule has 100 valence electrons. The molecular formula is C16H12FNOS. The molecule has 1 heterocycles. The molecule has 2 rings (SSSR count). The molecular weight excluding hydrogens is 273 g/mol. The fourth-order valence-electron chi connectivity index (χ4n) is 1.60. The first-order valence-corrected chi connectivity index (χ1v) is 6.76. The van der Waals surface area contributed by atoms with Crippen molar-refractivity contribution in [2.45, 2.75) is 0 Å². The number of amides is 1. The average Bonchev–Trinajstić information content (AvgIpc) is 2.92. The summed E-state index contributed by atoms with van der Waals surface area (Å²) in [6.07, 6.45) is 8.14. The van der Waals surface area contributed by atoms with E-state index < -0.39 is 0 Å². The third-order valence-corrected chi connectivity index (χ3v) is 3.61. The van der Waals surface area contributed by atoms with Crippen molar-refractivity contribution in [3.05, 3.63) is 53.2 Å². The Kier molecular flexibility index (Phi) is 4.70. The summed E-state index contributed by atoms with van der Waals surface area (Å²) >= 11 is 1.42. The zero-order valence-corrected chi connectivity index (χ0v) is 11.4. The van der Waals surface area contributed by atoms with Gasteiger partial charge in [-0.1, -0.05) is 24.1 Å². The summed E-state index contributed by atoms with van der Waals surface area (Å²) in [6.45, 7) is 0.202. The molecule has 0 saturated heterocycles. The maximum Gasteiger partial charge on any atom is 0.244 e. The predicted molar refractivity (Wildman–Crippen MR) is 80.6 cm³/mol. The molecule has 4 heteroatoms. The first kappa shape index (κ1) is 14.0. The van der Waals surface area contributed by atoms with E-state index in [0.717, 1.165) is 9.75 Å². The highest BCUT2D eigenvalue weighted by molar-refractivity contribution is 7.16. The lowest BCUT2D eigenvalue weighted by atomic mass is 10.2. The molecule has 0 spiro atoms. The number of benzene rings is 1. The molecule has 1 N–H and O–H groups in total. The standard InChI is InChI=1S/C16H12FNOS/c1-2-11-18-16(19)10-8-12-7-9-15(20-12)13-5-3-4-6-14(13)17/h1,3-10H,11H2,(H,18,19)/b10-8+. The van der Waals surface area contributed by atoms with E-state index >= 15 is 0 Å². The minimum atomic E-state index is -0.253. The number of rotatable bonds is 4. The summed E-state index contributed by atoms with van der Waals surface area (Å²) in [6, 6.07) is 10.3. The molecule has 20 heavy (non-hydrogen) atoms. The van der Waals surface area contributed by atoms with Gasteiger partial charge in [0.2, 0.25) is 5.91 Å². The Balaban J connectivity index is 2.10. The first-order valence-electron chi connectivity index (χ1n) is 5.95. The molecule has 2 nitrogen and oxygen atoms in total. The van der Waals surface area contributed by atoms with Crippen LogP contribution in [0.15, 0.2) is 42.5 Å². The van der Waals surface area contributed by atoms with Crippen molar-refractivity contribution in [1.82, 2.24) is 5.32 Å². The Labute approximate surface area is 121 Å². The SMILES string of the molecule is C#CCNC(=O)/C=C/c1ccc(-c2ccccc2F)s1. The van der Waals surface area contributed by atoms with Crippen LogP contribution in [-0.4, -0.2) is 12.5 Å². The van der Waals surface area contributed by atoms with Gasteiger partial charge in [0.15, 0.2) is 0 Å². The Morgan fingerprint density at radius 3 is 2.90 bits per heavy atom. The van der Waals surface area contributed by atoms with Crippen molar-refractivity contribution in [2.75, 3.05) is 6.54 Å².